The second-order valence-electron chi connectivity index (χ2n) is 4.90. The summed E-state index contributed by atoms with van der Waals surface area (Å²) in [5.74, 6) is 0.841. The van der Waals surface area contributed by atoms with Gasteiger partial charge in [0.15, 0.2) is 0 Å². The first kappa shape index (κ1) is 13.5. The Morgan fingerprint density at radius 2 is 2.24 bits per heavy atom. The van der Waals surface area contributed by atoms with Crippen LogP contribution in [0.2, 0.25) is 0 Å². The van der Waals surface area contributed by atoms with E-state index in [4.69, 9.17) is 11.0 Å². The van der Waals surface area contributed by atoms with Gasteiger partial charge in [-0.1, -0.05) is 13.8 Å². The summed E-state index contributed by atoms with van der Waals surface area (Å²) >= 11 is 0. The Hall–Kier alpha value is -1.60. The van der Waals surface area contributed by atoms with Crippen LogP contribution in [0, 0.1) is 16.7 Å². The molecule has 0 radical (unpaired) electrons. The molecule has 0 fully saturated rings. The molecule has 4 nitrogen and oxygen atoms in total. The summed E-state index contributed by atoms with van der Waals surface area (Å²) in [6.07, 6.45) is 1.67. The molecule has 0 atom stereocenters. The Balaban J connectivity index is 2.90. The van der Waals surface area contributed by atoms with Gasteiger partial charge in [-0.2, -0.15) is 5.26 Å². The smallest absolute Gasteiger partial charge is 0.129 e. The Labute approximate surface area is 103 Å². The zero-order chi connectivity index (χ0) is 12.9. The molecular weight excluding hydrogens is 212 g/mol. The fourth-order valence-electron chi connectivity index (χ4n) is 1.60. The van der Waals surface area contributed by atoms with Gasteiger partial charge in [-0.25, -0.2) is 4.98 Å². The van der Waals surface area contributed by atoms with Crippen molar-refractivity contribution in [3.8, 4) is 6.07 Å². The molecule has 0 spiro atoms. The average Bonchev–Trinajstić information content (AvgIpc) is 2.36. The van der Waals surface area contributed by atoms with Crippen LogP contribution in [0.5, 0.6) is 0 Å². The van der Waals surface area contributed by atoms with Gasteiger partial charge >= 0.3 is 0 Å². The first-order chi connectivity index (χ1) is 8.02. The van der Waals surface area contributed by atoms with Gasteiger partial charge in [0.25, 0.3) is 0 Å². The molecule has 0 saturated heterocycles. The van der Waals surface area contributed by atoms with E-state index >= 15 is 0 Å². The van der Waals surface area contributed by atoms with Crippen molar-refractivity contribution < 1.29 is 0 Å². The van der Waals surface area contributed by atoms with Crippen LogP contribution in [0.1, 0.15) is 26.3 Å². The molecule has 1 rings (SSSR count). The van der Waals surface area contributed by atoms with E-state index in [0.29, 0.717) is 12.1 Å². The predicted molar refractivity (Wildman–Crippen MR) is 69.7 cm³/mol. The van der Waals surface area contributed by atoms with Gasteiger partial charge in [0.2, 0.25) is 0 Å². The lowest BCUT2D eigenvalue weighted by Crippen LogP contribution is -2.39. The second-order valence-corrected chi connectivity index (χ2v) is 4.90. The molecule has 0 aromatic carbocycles. The van der Waals surface area contributed by atoms with Crippen LogP contribution in [0.25, 0.3) is 0 Å². The van der Waals surface area contributed by atoms with Crippen LogP contribution in [0.4, 0.5) is 5.82 Å². The normalized spacial score (nSPS) is 11.0. The molecule has 92 valence electrons. The van der Waals surface area contributed by atoms with Crippen molar-refractivity contribution in [2.24, 2.45) is 11.1 Å². The lowest BCUT2D eigenvalue weighted by Gasteiger charge is -2.31. The number of pyridine rings is 1. The summed E-state index contributed by atoms with van der Waals surface area (Å²) in [7, 11) is 0. The predicted octanol–water partition coefficient (Wildman–Crippen LogP) is 1.76. The first-order valence-corrected chi connectivity index (χ1v) is 5.83. The van der Waals surface area contributed by atoms with Gasteiger partial charge < -0.3 is 10.6 Å². The molecule has 1 aromatic heterocycles. The third-order valence-electron chi connectivity index (χ3n) is 2.75. The number of hydrogen-bond donors (Lipinski definition) is 1. The highest BCUT2D eigenvalue weighted by Crippen LogP contribution is 2.20. The topological polar surface area (TPSA) is 65.9 Å². The second kappa shape index (κ2) is 5.65. The quantitative estimate of drug-likeness (QED) is 0.840. The molecule has 0 amide bonds. The molecular formula is C13H20N4. The van der Waals surface area contributed by atoms with Crippen LogP contribution in [0.15, 0.2) is 18.3 Å². The van der Waals surface area contributed by atoms with Crippen molar-refractivity contribution in [1.29, 1.82) is 5.26 Å². The van der Waals surface area contributed by atoms with Crippen molar-refractivity contribution in [2.45, 2.75) is 20.8 Å². The number of nitriles is 1. The first-order valence-electron chi connectivity index (χ1n) is 5.83. The van der Waals surface area contributed by atoms with Crippen molar-refractivity contribution >= 4 is 5.82 Å². The number of aromatic nitrogens is 1. The molecule has 17 heavy (non-hydrogen) atoms. The highest BCUT2D eigenvalue weighted by atomic mass is 15.2. The maximum atomic E-state index is 8.88. The number of anilines is 1. The molecule has 0 unspecified atom stereocenters. The highest BCUT2D eigenvalue weighted by Gasteiger charge is 2.20. The van der Waals surface area contributed by atoms with Gasteiger partial charge in [0.05, 0.1) is 11.6 Å². The summed E-state index contributed by atoms with van der Waals surface area (Å²) in [5.41, 5.74) is 6.42. The molecule has 0 aliphatic rings. The van der Waals surface area contributed by atoms with Crippen molar-refractivity contribution in [3.63, 3.8) is 0 Å². The maximum Gasteiger partial charge on any atom is 0.129 e. The summed E-state index contributed by atoms with van der Waals surface area (Å²) in [6.45, 7) is 8.65. The number of nitrogens with two attached hydrogens (primary N) is 1. The van der Waals surface area contributed by atoms with Crippen LogP contribution in [-0.4, -0.2) is 24.6 Å². The number of nitrogens with zero attached hydrogens (tertiary/aromatic N) is 3. The molecule has 0 saturated carbocycles. The molecule has 4 heteroatoms. The molecule has 0 aliphatic heterocycles. The third-order valence-corrected chi connectivity index (χ3v) is 2.75. The monoisotopic (exact) mass is 232 g/mol. The zero-order valence-corrected chi connectivity index (χ0v) is 10.8. The lowest BCUT2D eigenvalue weighted by atomic mass is 9.93. The van der Waals surface area contributed by atoms with E-state index in [1.165, 1.54) is 0 Å². The summed E-state index contributed by atoms with van der Waals surface area (Å²) < 4.78 is 0. The minimum absolute atomic E-state index is 0.0420. The van der Waals surface area contributed by atoms with Crippen LogP contribution in [0.3, 0.4) is 0 Å². The van der Waals surface area contributed by atoms with E-state index in [-0.39, 0.29) is 5.41 Å². The van der Waals surface area contributed by atoms with Crippen LogP contribution >= 0.6 is 0 Å². The fraction of sp³-hybridized carbons (Fsp3) is 0.538. The molecule has 0 bridgehead atoms. The van der Waals surface area contributed by atoms with E-state index in [2.05, 4.69) is 36.7 Å². The van der Waals surface area contributed by atoms with Crippen molar-refractivity contribution in [2.75, 3.05) is 24.5 Å². The minimum atomic E-state index is 0.0420. The maximum absolute atomic E-state index is 8.88. The van der Waals surface area contributed by atoms with Crippen LogP contribution < -0.4 is 10.6 Å². The molecule has 2 N–H and O–H groups in total. The summed E-state index contributed by atoms with van der Waals surface area (Å²) in [6, 6.07) is 5.66. The largest absolute Gasteiger partial charge is 0.356 e. The van der Waals surface area contributed by atoms with E-state index in [0.717, 1.165) is 18.9 Å². The standard InChI is InChI=1S/C13H20N4/c1-4-17(10-13(2,3)9-15)12-7-11(8-14)5-6-16-12/h5-7H,4,9-10,15H2,1-3H3. The summed E-state index contributed by atoms with van der Waals surface area (Å²) in [5, 5.41) is 8.88. The Morgan fingerprint density at radius 3 is 2.76 bits per heavy atom. The molecule has 1 aromatic rings. The van der Waals surface area contributed by atoms with Gasteiger partial charge in [0.1, 0.15) is 5.82 Å². The van der Waals surface area contributed by atoms with Gasteiger partial charge in [-0.3, -0.25) is 0 Å². The fourth-order valence-corrected chi connectivity index (χ4v) is 1.60. The van der Waals surface area contributed by atoms with Gasteiger partial charge in [-0.05, 0) is 31.0 Å². The Morgan fingerprint density at radius 1 is 1.53 bits per heavy atom. The average molecular weight is 232 g/mol. The zero-order valence-electron chi connectivity index (χ0n) is 10.8. The third kappa shape index (κ3) is 3.72. The lowest BCUT2D eigenvalue weighted by molar-refractivity contribution is 0.379. The Bertz CT molecular complexity index is 406. The van der Waals surface area contributed by atoms with Gasteiger partial charge in [-0.15, -0.1) is 0 Å². The number of rotatable bonds is 5. The number of hydrogen-bond acceptors (Lipinski definition) is 4. The van der Waals surface area contributed by atoms with Crippen molar-refractivity contribution in [1.82, 2.24) is 4.98 Å². The van der Waals surface area contributed by atoms with E-state index in [1.54, 1.807) is 12.3 Å². The minimum Gasteiger partial charge on any atom is -0.356 e. The highest BCUT2D eigenvalue weighted by molar-refractivity contribution is 5.45. The Kier molecular flexibility index (Phi) is 4.47. The van der Waals surface area contributed by atoms with Crippen molar-refractivity contribution in [3.05, 3.63) is 23.9 Å². The van der Waals surface area contributed by atoms with E-state index in [1.807, 2.05) is 6.07 Å². The molecule has 0 aliphatic carbocycles. The van der Waals surface area contributed by atoms with Crippen LogP contribution in [-0.2, 0) is 0 Å². The van der Waals surface area contributed by atoms with Gasteiger partial charge in [0, 0.05) is 19.3 Å². The SMILES string of the molecule is CCN(CC(C)(C)CN)c1cc(C#N)ccn1. The van der Waals surface area contributed by atoms with E-state index in [9.17, 15) is 0 Å². The molecule has 1 heterocycles. The summed E-state index contributed by atoms with van der Waals surface area (Å²) in [4.78, 5) is 6.46. The van der Waals surface area contributed by atoms with E-state index < -0.39 is 0 Å².